The second-order valence-electron chi connectivity index (χ2n) is 5.21. The van der Waals surface area contributed by atoms with Crippen molar-refractivity contribution in [2.75, 3.05) is 0 Å². The predicted octanol–water partition coefficient (Wildman–Crippen LogP) is 1.09. The van der Waals surface area contributed by atoms with Crippen molar-refractivity contribution < 1.29 is 0 Å². The number of thiophene rings is 1. The highest BCUT2D eigenvalue weighted by molar-refractivity contribution is 7.18. The Bertz CT molecular complexity index is 834. The zero-order valence-corrected chi connectivity index (χ0v) is 12.2. The monoisotopic (exact) mass is 302 g/mol. The van der Waals surface area contributed by atoms with Gasteiger partial charge in [-0.3, -0.25) is 9.36 Å². The molecule has 0 saturated carbocycles. The van der Waals surface area contributed by atoms with E-state index in [0.29, 0.717) is 18.8 Å². The molecule has 3 aromatic rings. The number of H-pyrrole nitrogens is 1. The van der Waals surface area contributed by atoms with Crippen LogP contribution in [-0.4, -0.2) is 30.2 Å². The van der Waals surface area contributed by atoms with Gasteiger partial charge in [-0.2, -0.15) is 5.21 Å². The standard InChI is InChI=1S/C13H14N6OS/c20-13-11-8-3-1-2-4-9(8)21-12(11)14-7-19(13)6-5-10-15-17-18-16-10/h7H,1-6H2,(H,15,16,17,18). The molecule has 108 valence electrons. The van der Waals surface area contributed by atoms with E-state index in [1.807, 2.05) is 0 Å². The minimum atomic E-state index is 0.0582. The number of hydrogen-bond acceptors (Lipinski definition) is 6. The molecule has 0 saturated heterocycles. The lowest BCUT2D eigenvalue weighted by Crippen LogP contribution is -2.22. The lowest BCUT2D eigenvalue weighted by molar-refractivity contribution is 0.642. The first kappa shape index (κ1) is 12.6. The lowest BCUT2D eigenvalue weighted by Gasteiger charge is -2.10. The van der Waals surface area contributed by atoms with Crippen molar-refractivity contribution in [2.24, 2.45) is 0 Å². The first-order valence-electron chi connectivity index (χ1n) is 7.05. The third-order valence-corrected chi connectivity index (χ3v) is 5.11. The van der Waals surface area contributed by atoms with Crippen molar-refractivity contribution in [2.45, 2.75) is 38.6 Å². The van der Waals surface area contributed by atoms with Crippen LogP contribution in [-0.2, 0) is 25.8 Å². The van der Waals surface area contributed by atoms with Gasteiger partial charge in [-0.05, 0) is 31.2 Å². The number of aromatic amines is 1. The van der Waals surface area contributed by atoms with E-state index in [9.17, 15) is 4.79 Å². The molecule has 3 aromatic heterocycles. The number of aromatic nitrogens is 6. The molecule has 0 spiro atoms. The van der Waals surface area contributed by atoms with Gasteiger partial charge in [-0.25, -0.2) is 4.98 Å². The summed E-state index contributed by atoms with van der Waals surface area (Å²) in [6, 6.07) is 0. The Balaban J connectivity index is 1.73. The van der Waals surface area contributed by atoms with E-state index in [4.69, 9.17) is 0 Å². The zero-order chi connectivity index (χ0) is 14.2. The average molecular weight is 302 g/mol. The van der Waals surface area contributed by atoms with Crippen LogP contribution in [0.15, 0.2) is 11.1 Å². The summed E-state index contributed by atoms with van der Waals surface area (Å²) in [7, 11) is 0. The van der Waals surface area contributed by atoms with Crippen LogP contribution in [0.2, 0.25) is 0 Å². The summed E-state index contributed by atoms with van der Waals surface area (Å²) < 4.78 is 1.65. The van der Waals surface area contributed by atoms with Gasteiger partial charge in [0.2, 0.25) is 0 Å². The number of aryl methyl sites for hydroxylation is 4. The van der Waals surface area contributed by atoms with Crippen LogP contribution in [0.25, 0.3) is 10.2 Å². The quantitative estimate of drug-likeness (QED) is 0.782. The Morgan fingerprint density at radius 2 is 2.24 bits per heavy atom. The van der Waals surface area contributed by atoms with Crippen LogP contribution in [0.4, 0.5) is 0 Å². The minimum Gasteiger partial charge on any atom is -0.298 e. The fraction of sp³-hybridized carbons (Fsp3) is 0.462. The van der Waals surface area contributed by atoms with Gasteiger partial charge in [-0.15, -0.1) is 21.5 Å². The van der Waals surface area contributed by atoms with E-state index in [0.717, 1.165) is 29.5 Å². The van der Waals surface area contributed by atoms with Crippen molar-refractivity contribution in [1.82, 2.24) is 30.2 Å². The van der Waals surface area contributed by atoms with E-state index in [1.165, 1.54) is 16.9 Å². The fourth-order valence-electron chi connectivity index (χ4n) is 2.85. The summed E-state index contributed by atoms with van der Waals surface area (Å²) in [6.07, 6.45) is 6.66. The van der Waals surface area contributed by atoms with E-state index in [2.05, 4.69) is 25.6 Å². The third kappa shape index (κ3) is 2.15. The molecule has 1 N–H and O–H groups in total. The van der Waals surface area contributed by atoms with Crippen molar-refractivity contribution >= 4 is 21.6 Å². The molecule has 3 heterocycles. The van der Waals surface area contributed by atoms with Crippen molar-refractivity contribution in [1.29, 1.82) is 0 Å². The molecule has 0 unspecified atom stereocenters. The fourth-order valence-corrected chi connectivity index (χ4v) is 4.07. The molecule has 0 aliphatic heterocycles. The maximum absolute atomic E-state index is 12.7. The molecule has 21 heavy (non-hydrogen) atoms. The molecule has 8 heteroatoms. The van der Waals surface area contributed by atoms with Gasteiger partial charge >= 0.3 is 0 Å². The van der Waals surface area contributed by atoms with E-state index >= 15 is 0 Å². The number of nitrogens with one attached hydrogen (secondary N) is 1. The molecule has 0 atom stereocenters. The molecule has 0 bridgehead atoms. The van der Waals surface area contributed by atoms with Crippen LogP contribution in [0.3, 0.4) is 0 Å². The number of hydrogen-bond donors (Lipinski definition) is 1. The molecular weight excluding hydrogens is 288 g/mol. The average Bonchev–Trinajstić information content (AvgIpc) is 3.13. The van der Waals surface area contributed by atoms with Gasteiger partial charge in [0, 0.05) is 17.8 Å². The van der Waals surface area contributed by atoms with Crippen LogP contribution in [0.5, 0.6) is 0 Å². The van der Waals surface area contributed by atoms with Crippen molar-refractivity contribution in [3.8, 4) is 0 Å². The Morgan fingerprint density at radius 3 is 3.10 bits per heavy atom. The third-order valence-electron chi connectivity index (χ3n) is 3.91. The van der Waals surface area contributed by atoms with Gasteiger partial charge in [-0.1, -0.05) is 5.21 Å². The van der Waals surface area contributed by atoms with E-state index < -0.39 is 0 Å². The summed E-state index contributed by atoms with van der Waals surface area (Å²) in [5.74, 6) is 0.606. The van der Waals surface area contributed by atoms with Crippen LogP contribution in [0, 0.1) is 0 Å². The van der Waals surface area contributed by atoms with Crippen LogP contribution in [0.1, 0.15) is 29.1 Å². The Hall–Kier alpha value is -2.09. The highest BCUT2D eigenvalue weighted by Gasteiger charge is 2.19. The second kappa shape index (κ2) is 5.03. The predicted molar refractivity (Wildman–Crippen MR) is 78.4 cm³/mol. The van der Waals surface area contributed by atoms with Crippen molar-refractivity contribution in [3.63, 3.8) is 0 Å². The molecule has 0 radical (unpaired) electrons. The van der Waals surface area contributed by atoms with Crippen molar-refractivity contribution in [3.05, 3.63) is 32.9 Å². The zero-order valence-electron chi connectivity index (χ0n) is 11.4. The molecule has 0 aromatic carbocycles. The lowest BCUT2D eigenvalue weighted by atomic mass is 9.97. The Labute approximate surface area is 124 Å². The van der Waals surface area contributed by atoms with E-state index in [1.54, 1.807) is 22.2 Å². The number of tetrazole rings is 1. The summed E-state index contributed by atoms with van der Waals surface area (Å²) in [5.41, 5.74) is 1.29. The summed E-state index contributed by atoms with van der Waals surface area (Å²) >= 11 is 1.67. The Morgan fingerprint density at radius 1 is 1.33 bits per heavy atom. The van der Waals surface area contributed by atoms with E-state index in [-0.39, 0.29) is 5.56 Å². The molecule has 1 aliphatic carbocycles. The SMILES string of the molecule is O=c1c2c3c(sc2ncn1CCc1nn[nH]n1)CCCC3. The number of nitrogens with zero attached hydrogens (tertiary/aromatic N) is 5. The molecule has 0 amide bonds. The largest absolute Gasteiger partial charge is 0.298 e. The topological polar surface area (TPSA) is 89.4 Å². The molecule has 7 nitrogen and oxygen atoms in total. The summed E-state index contributed by atoms with van der Waals surface area (Å²) in [6.45, 7) is 0.520. The maximum atomic E-state index is 12.7. The van der Waals surface area contributed by atoms with Crippen LogP contribution < -0.4 is 5.56 Å². The number of rotatable bonds is 3. The first-order valence-corrected chi connectivity index (χ1v) is 7.86. The summed E-state index contributed by atoms with van der Waals surface area (Å²) in [4.78, 5) is 19.4. The molecule has 1 aliphatic rings. The minimum absolute atomic E-state index is 0.0582. The highest BCUT2D eigenvalue weighted by atomic mass is 32.1. The van der Waals surface area contributed by atoms with Gasteiger partial charge < -0.3 is 0 Å². The van der Waals surface area contributed by atoms with Crippen LogP contribution >= 0.6 is 11.3 Å². The normalized spacial score (nSPS) is 14.5. The smallest absolute Gasteiger partial charge is 0.262 e. The van der Waals surface area contributed by atoms with Gasteiger partial charge in [0.1, 0.15) is 4.83 Å². The first-order chi connectivity index (χ1) is 10.3. The van der Waals surface area contributed by atoms with Gasteiger partial charge in [0.15, 0.2) is 5.82 Å². The summed E-state index contributed by atoms with van der Waals surface area (Å²) in [5, 5.41) is 14.6. The second-order valence-corrected chi connectivity index (χ2v) is 6.30. The number of fused-ring (bicyclic) bond motifs is 3. The van der Waals surface area contributed by atoms with Gasteiger partial charge in [0.25, 0.3) is 5.56 Å². The molecule has 4 rings (SSSR count). The van der Waals surface area contributed by atoms with Gasteiger partial charge in [0.05, 0.1) is 11.7 Å². The highest BCUT2D eigenvalue weighted by Crippen LogP contribution is 2.33. The molecule has 0 fully saturated rings. The Kier molecular flexibility index (Phi) is 3.03. The molecular formula is C13H14N6OS. The maximum Gasteiger partial charge on any atom is 0.262 e.